The van der Waals surface area contributed by atoms with E-state index in [9.17, 15) is 5.26 Å². The van der Waals surface area contributed by atoms with E-state index < -0.39 is 0 Å². The van der Waals surface area contributed by atoms with E-state index in [2.05, 4.69) is 22.2 Å². The lowest BCUT2D eigenvalue weighted by Crippen LogP contribution is -2.46. The highest BCUT2D eigenvalue weighted by Crippen LogP contribution is 2.30. The molecule has 92 valence electrons. The van der Waals surface area contributed by atoms with Crippen molar-refractivity contribution in [1.82, 2.24) is 10.2 Å². The molecular formula is C14H21N3. The first-order valence-corrected chi connectivity index (χ1v) is 6.58. The third kappa shape index (κ3) is 3.00. The monoisotopic (exact) mass is 231 g/mol. The number of terminal acetylenes is 1. The van der Waals surface area contributed by atoms with Gasteiger partial charge in [-0.05, 0) is 51.9 Å². The molecule has 2 aliphatic heterocycles. The molecule has 0 aromatic carbocycles. The molecule has 3 nitrogen and oxygen atoms in total. The van der Waals surface area contributed by atoms with E-state index in [0.717, 1.165) is 58.4 Å². The Morgan fingerprint density at radius 2 is 1.94 bits per heavy atom. The molecule has 0 radical (unpaired) electrons. The maximum absolute atomic E-state index is 9.43. The van der Waals surface area contributed by atoms with Crippen LogP contribution in [0.3, 0.4) is 0 Å². The summed E-state index contributed by atoms with van der Waals surface area (Å²) in [5.41, 5.74) is -0.117. The van der Waals surface area contributed by atoms with E-state index >= 15 is 0 Å². The van der Waals surface area contributed by atoms with E-state index in [4.69, 9.17) is 6.42 Å². The zero-order valence-corrected chi connectivity index (χ0v) is 10.4. The topological polar surface area (TPSA) is 39.1 Å². The lowest BCUT2D eigenvalue weighted by atomic mass is 9.79. The highest BCUT2D eigenvalue weighted by Gasteiger charge is 2.34. The van der Waals surface area contributed by atoms with Gasteiger partial charge in [0.1, 0.15) is 0 Å². The summed E-state index contributed by atoms with van der Waals surface area (Å²) < 4.78 is 0. The minimum Gasteiger partial charge on any atom is -0.317 e. The predicted molar refractivity (Wildman–Crippen MR) is 68.1 cm³/mol. The van der Waals surface area contributed by atoms with Gasteiger partial charge in [-0.3, -0.25) is 0 Å². The van der Waals surface area contributed by atoms with Crippen LogP contribution in [0.1, 0.15) is 25.7 Å². The predicted octanol–water partition coefficient (Wildman–Crippen LogP) is 1.22. The number of nitriles is 1. The van der Waals surface area contributed by atoms with Crippen molar-refractivity contribution in [2.45, 2.75) is 25.7 Å². The normalized spacial score (nSPS) is 26.0. The smallest absolute Gasteiger partial charge is 0.0724 e. The molecule has 1 N–H and O–H groups in total. The van der Waals surface area contributed by atoms with Gasteiger partial charge in [0.25, 0.3) is 0 Å². The second kappa shape index (κ2) is 5.54. The molecular weight excluding hydrogens is 210 g/mol. The molecule has 2 saturated heterocycles. The lowest BCUT2D eigenvalue weighted by molar-refractivity contribution is 0.128. The van der Waals surface area contributed by atoms with Crippen molar-refractivity contribution in [2.24, 2.45) is 11.3 Å². The number of piperidine rings is 2. The second-order valence-electron chi connectivity index (χ2n) is 5.36. The molecule has 0 atom stereocenters. The molecule has 0 unspecified atom stereocenters. The highest BCUT2D eigenvalue weighted by molar-refractivity contribution is 5.04. The fourth-order valence-corrected chi connectivity index (χ4v) is 2.90. The Labute approximate surface area is 104 Å². The van der Waals surface area contributed by atoms with E-state index in [0.29, 0.717) is 5.92 Å². The van der Waals surface area contributed by atoms with Crippen LogP contribution < -0.4 is 5.32 Å². The molecule has 17 heavy (non-hydrogen) atoms. The molecule has 0 saturated carbocycles. The summed E-state index contributed by atoms with van der Waals surface area (Å²) in [6.07, 6.45) is 9.61. The molecule has 0 spiro atoms. The zero-order chi connectivity index (χ0) is 12.1. The van der Waals surface area contributed by atoms with Crippen LogP contribution in [-0.4, -0.2) is 37.6 Å². The highest BCUT2D eigenvalue weighted by atomic mass is 15.1. The van der Waals surface area contributed by atoms with E-state index in [-0.39, 0.29) is 5.41 Å². The SMILES string of the molecule is C#CC1CCN(CC2(C#N)CCNCC2)CC1. The van der Waals surface area contributed by atoms with Gasteiger partial charge in [-0.25, -0.2) is 0 Å². The Morgan fingerprint density at radius 1 is 1.29 bits per heavy atom. The summed E-state index contributed by atoms with van der Waals surface area (Å²) in [6.45, 7) is 5.02. The van der Waals surface area contributed by atoms with Gasteiger partial charge in [0.2, 0.25) is 0 Å². The van der Waals surface area contributed by atoms with Gasteiger partial charge >= 0.3 is 0 Å². The summed E-state index contributed by atoms with van der Waals surface area (Å²) in [7, 11) is 0. The van der Waals surface area contributed by atoms with Crippen molar-refractivity contribution in [2.75, 3.05) is 32.7 Å². The molecule has 2 heterocycles. The van der Waals surface area contributed by atoms with Gasteiger partial charge in [-0.2, -0.15) is 5.26 Å². The second-order valence-corrected chi connectivity index (χ2v) is 5.36. The average Bonchev–Trinajstić information content (AvgIpc) is 2.41. The molecule has 0 aromatic rings. The average molecular weight is 231 g/mol. The summed E-state index contributed by atoms with van der Waals surface area (Å²) in [5, 5.41) is 12.8. The summed E-state index contributed by atoms with van der Waals surface area (Å²) in [4.78, 5) is 2.43. The van der Waals surface area contributed by atoms with E-state index in [1.54, 1.807) is 0 Å². The molecule has 0 aliphatic carbocycles. The van der Waals surface area contributed by atoms with Crippen molar-refractivity contribution in [3.8, 4) is 18.4 Å². The van der Waals surface area contributed by atoms with Crippen LogP contribution in [0.5, 0.6) is 0 Å². The molecule has 0 bridgehead atoms. The standard InChI is InChI=1S/C14H21N3/c1-2-13-3-9-17(10-4-13)12-14(11-15)5-7-16-8-6-14/h1,13,16H,3-10,12H2. The number of rotatable bonds is 2. The van der Waals surface area contributed by atoms with Gasteiger partial charge < -0.3 is 10.2 Å². The molecule has 0 aromatic heterocycles. The first-order valence-electron chi connectivity index (χ1n) is 6.58. The fourth-order valence-electron chi connectivity index (χ4n) is 2.90. The maximum atomic E-state index is 9.43. The largest absolute Gasteiger partial charge is 0.317 e. The summed E-state index contributed by atoms with van der Waals surface area (Å²) >= 11 is 0. The Bertz CT molecular complexity index is 322. The van der Waals surface area contributed by atoms with Crippen molar-refractivity contribution < 1.29 is 0 Å². The lowest BCUT2D eigenvalue weighted by Gasteiger charge is -2.38. The third-order valence-electron chi connectivity index (χ3n) is 4.15. The first kappa shape index (κ1) is 12.4. The maximum Gasteiger partial charge on any atom is 0.0724 e. The van der Waals surface area contributed by atoms with Crippen LogP contribution in [-0.2, 0) is 0 Å². The van der Waals surface area contributed by atoms with E-state index in [1.165, 1.54) is 0 Å². The quantitative estimate of drug-likeness (QED) is 0.726. The fraction of sp³-hybridized carbons (Fsp3) is 0.786. The van der Waals surface area contributed by atoms with Crippen molar-refractivity contribution in [3.63, 3.8) is 0 Å². The van der Waals surface area contributed by atoms with E-state index in [1.807, 2.05) is 0 Å². The molecule has 0 amide bonds. The number of hydrogen-bond acceptors (Lipinski definition) is 3. The number of hydrogen-bond donors (Lipinski definition) is 1. The van der Waals surface area contributed by atoms with Crippen molar-refractivity contribution in [1.29, 1.82) is 5.26 Å². The first-order chi connectivity index (χ1) is 8.28. The summed E-state index contributed by atoms with van der Waals surface area (Å²) in [5.74, 6) is 3.31. The Hall–Kier alpha value is -1.03. The van der Waals surface area contributed by atoms with Crippen LogP contribution >= 0.6 is 0 Å². The zero-order valence-electron chi connectivity index (χ0n) is 10.4. The number of likely N-dealkylation sites (tertiary alicyclic amines) is 1. The van der Waals surface area contributed by atoms with Gasteiger partial charge in [-0.15, -0.1) is 12.3 Å². The number of nitrogens with zero attached hydrogens (tertiary/aromatic N) is 2. The van der Waals surface area contributed by atoms with Crippen LogP contribution in [0.4, 0.5) is 0 Å². The van der Waals surface area contributed by atoms with Crippen LogP contribution in [0.2, 0.25) is 0 Å². The minimum atomic E-state index is -0.117. The molecule has 2 aliphatic rings. The van der Waals surface area contributed by atoms with Gasteiger partial charge in [0.15, 0.2) is 0 Å². The Morgan fingerprint density at radius 3 is 2.47 bits per heavy atom. The molecule has 3 heteroatoms. The Balaban J connectivity index is 1.88. The van der Waals surface area contributed by atoms with Gasteiger partial charge in [0.05, 0.1) is 11.5 Å². The van der Waals surface area contributed by atoms with Gasteiger partial charge in [-0.1, -0.05) is 0 Å². The van der Waals surface area contributed by atoms with Crippen molar-refractivity contribution in [3.05, 3.63) is 0 Å². The Kier molecular flexibility index (Phi) is 4.05. The molecule has 2 rings (SSSR count). The van der Waals surface area contributed by atoms with Crippen LogP contribution in [0, 0.1) is 35.0 Å². The van der Waals surface area contributed by atoms with Crippen LogP contribution in [0.25, 0.3) is 0 Å². The minimum absolute atomic E-state index is 0.117. The summed E-state index contributed by atoms with van der Waals surface area (Å²) in [6, 6.07) is 2.57. The van der Waals surface area contributed by atoms with Crippen molar-refractivity contribution >= 4 is 0 Å². The third-order valence-corrected chi connectivity index (χ3v) is 4.15. The van der Waals surface area contributed by atoms with Crippen LogP contribution in [0.15, 0.2) is 0 Å². The number of nitrogens with one attached hydrogen (secondary N) is 1. The van der Waals surface area contributed by atoms with Gasteiger partial charge in [0, 0.05) is 12.5 Å². The molecule has 2 fully saturated rings.